The number of nitrogens with one attached hydrogen (secondary N) is 1. The lowest BCUT2D eigenvalue weighted by Gasteiger charge is -2.24. The van der Waals surface area contributed by atoms with Gasteiger partial charge in [0.15, 0.2) is 5.84 Å². The van der Waals surface area contributed by atoms with Gasteiger partial charge in [0.2, 0.25) is 0 Å². The Morgan fingerprint density at radius 2 is 1.12 bits per heavy atom. The summed E-state index contributed by atoms with van der Waals surface area (Å²) in [6.45, 7) is 0. The van der Waals surface area contributed by atoms with Crippen LogP contribution >= 0.6 is 0 Å². The maximum atomic E-state index is 5.12. The molecule has 0 saturated heterocycles. The predicted octanol–water partition coefficient (Wildman–Crippen LogP) is 10.7. The van der Waals surface area contributed by atoms with Crippen LogP contribution in [0.15, 0.2) is 180 Å². The van der Waals surface area contributed by atoms with Gasteiger partial charge in [0.25, 0.3) is 0 Å². The molecule has 8 aromatic carbocycles. The largest absolute Gasteiger partial charge is 0.344 e. The molecule has 4 nitrogen and oxygen atoms in total. The molecule has 0 bridgehead atoms. The van der Waals surface area contributed by atoms with Gasteiger partial charge in [-0.1, -0.05) is 152 Å². The Bertz CT molecular complexity index is 2790. The number of amidine groups is 2. The topological polar surface area (TPSA) is 41.7 Å². The van der Waals surface area contributed by atoms with E-state index in [1.54, 1.807) is 0 Å². The number of aliphatic imine (C=N–C) groups is 2. The highest BCUT2D eigenvalue weighted by Gasteiger charge is 2.23. The molecule has 10 rings (SSSR count). The van der Waals surface area contributed by atoms with Gasteiger partial charge in [-0.3, -0.25) is 0 Å². The number of rotatable bonds is 4. The number of hydrogen-bond donors (Lipinski definition) is 1. The molecular weight excluding hydrogens is 597 g/mol. The van der Waals surface area contributed by atoms with Crippen molar-refractivity contribution in [1.29, 1.82) is 0 Å². The molecule has 1 N–H and O–H groups in total. The number of nitrogens with zero attached hydrogens (tertiary/aromatic N) is 3. The predicted molar refractivity (Wildman–Crippen MR) is 205 cm³/mol. The van der Waals surface area contributed by atoms with Crippen molar-refractivity contribution in [3.05, 3.63) is 187 Å². The second kappa shape index (κ2) is 11.0. The quantitative estimate of drug-likeness (QED) is 0.194. The molecule has 1 aliphatic heterocycles. The highest BCUT2D eigenvalue weighted by molar-refractivity contribution is 6.36. The summed E-state index contributed by atoms with van der Waals surface area (Å²) in [4.78, 5) is 10.2. The van der Waals surface area contributed by atoms with Gasteiger partial charge >= 0.3 is 0 Å². The zero-order valence-electron chi connectivity index (χ0n) is 26.6. The minimum Gasteiger partial charge on any atom is -0.344 e. The van der Waals surface area contributed by atoms with E-state index in [0.717, 1.165) is 34.0 Å². The molecule has 49 heavy (non-hydrogen) atoms. The van der Waals surface area contributed by atoms with Crippen molar-refractivity contribution in [2.75, 3.05) is 0 Å². The van der Waals surface area contributed by atoms with Gasteiger partial charge in [-0.15, -0.1) is 0 Å². The Morgan fingerprint density at radius 3 is 1.96 bits per heavy atom. The van der Waals surface area contributed by atoms with Gasteiger partial charge in [-0.25, -0.2) is 9.98 Å². The van der Waals surface area contributed by atoms with E-state index in [4.69, 9.17) is 9.98 Å². The number of para-hydroxylation sites is 1. The van der Waals surface area contributed by atoms with Crippen molar-refractivity contribution in [3.8, 4) is 5.69 Å². The second-order valence-corrected chi connectivity index (χ2v) is 12.6. The van der Waals surface area contributed by atoms with Crippen LogP contribution in [0.5, 0.6) is 0 Å². The van der Waals surface area contributed by atoms with Crippen molar-refractivity contribution in [1.82, 2.24) is 9.88 Å². The van der Waals surface area contributed by atoms with Crippen molar-refractivity contribution in [2.24, 2.45) is 9.98 Å². The lowest BCUT2D eigenvalue weighted by molar-refractivity contribution is 0.674. The van der Waals surface area contributed by atoms with E-state index in [0.29, 0.717) is 0 Å². The molecule has 1 atom stereocenters. The van der Waals surface area contributed by atoms with Gasteiger partial charge in [-0.2, -0.15) is 0 Å². The first-order chi connectivity index (χ1) is 24.3. The molecular formula is C45H30N4. The third kappa shape index (κ3) is 4.38. The standard InChI is InChI=1S/C45H30N4/c1-3-15-30(16-4-1)43-46-44(31-17-5-2-6-18-31)48-45(47-43)32-19-13-20-33(28-32)49-39-25-12-11-24-38(39)41-36-23-10-9-22-35(36)37-27-26-29-14-7-8-21-34(29)40(37)42(41)49/h1-28,43H,(H,46,47,48). The maximum absolute atomic E-state index is 5.12. The third-order valence-corrected chi connectivity index (χ3v) is 9.79. The average molecular weight is 627 g/mol. The summed E-state index contributed by atoms with van der Waals surface area (Å²) in [5.41, 5.74) is 6.56. The molecule has 1 aliphatic rings. The van der Waals surface area contributed by atoms with E-state index in [1.807, 2.05) is 24.3 Å². The lowest BCUT2D eigenvalue weighted by Crippen LogP contribution is -2.33. The summed E-state index contributed by atoms with van der Waals surface area (Å²) in [5, 5.41) is 13.7. The van der Waals surface area contributed by atoms with E-state index < -0.39 is 0 Å². The van der Waals surface area contributed by atoms with E-state index in [1.165, 1.54) is 54.1 Å². The Balaban J connectivity index is 1.25. The van der Waals surface area contributed by atoms with Crippen LogP contribution < -0.4 is 5.32 Å². The first-order valence-corrected chi connectivity index (χ1v) is 16.7. The fourth-order valence-electron chi connectivity index (χ4n) is 7.62. The molecule has 0 fully saturated rings. The van der Waals surface area contributed by atoms with Crippen LogP contribution in [0, 0.1) is 0 Å². The molecule has 1 unspecified atom stereocenters. The number of benzene rings is 8. The number of hydrogen-bond acceptors (Lipinski definition) is 3. The van der Waals surface area contributed by atoms with Crippen LogP contribution in [0.2, 0.25) is 0 Å². The molecule has 2 heterocycles. The smallest absolute Gasteiger partial charge is 0.159 e. The van der Waals surface area contributed by atoms with Gasteiger partial charge < -0.3 is 9.88 Å². The van der Waals surface area contributed by atoms with Gasteiger partial charge in [-0.05, 0) is 50.7 Å². The fourth-order valence-corrected chi connectivity index (χ4v) is 7.62. The molecule has 230 valence electrons. The first kappa shape index (κ1) is 27.6. The van der Waals surface area contributed by atoms with E-state index >= 15 is 0 Å². The number of fused-ring (bicyclic) bond motifs is 10. The van der Waals surface area contributed by atoms with Crippen molar-refractivity contribution in [3.63, 3.8) is 0 Å². The lowest BCUT2D eigenvalue weighted by atomic mass is 9.93. The van der Waals surface area contributed by atoms with Crippen LogP contribution in [0.1, 0.15) is 22.9 Å². The highest BCUT2D eigenvalue weighted by atomic mass is 15.2. The molecule has 0 aliphatic carbocycles. The van der Waals surface area contributed by atoms with Crippen molar-refractivity contribution >= 4 is 65.8 Å². The van der Waals surface area contributed by atoms with Gasteiger partial charge in [0.05, 0.1) is 11.0 Å². The minimum atomic E-state index is -0.262. The van der Waals surface area contributed by atoms with Crippen LogP contribution in [0.25, 0.3) is 59.8 Å². The van der Waals surface area contributed by atoms with E-state index in [2.05, 4.69) is 155 Å². The van der Waals surface area contributed by atoms with Gasteiger partial charge in [0.1, 0.15) is 12.0 Å². The number of aromatic nitrogens is 1. The molecule has 0 saturated carbocycles. The van der Waals surface area contributed by atoms with Crippen molar-refractivity contribution in [2.45, 2.75) is 6.17 Å². The van der Waals surface area contributed by atoms with Crippen molar-refractivity contribution < 1.29 is 0 Å². The molecule has 4 heteroatoms. The summed E-state index contributed by atoms with van der Waals surface area (Å²) >= 11 is 0. The first-order valence-electron chi connectivity index (χ1n) is 16.7. The summed E-state index contributed by atoms with van der Waals surface area (Å²) < 4.78 is 2.46. The molecule has 0 spiro atoms. The average Bonchev–Trinajstić information content (AvgIpc) is 3.54. The van der Waals surface area contributed by atoms with Crippen LogP contribution in [0.3, 0.4) is 0 Å². The Kier molecular flexibility index (Phi) is 6.21. The summed E-state index contributed by atoms with van der Waals surface area (Å²) in [6, 6.07) is 60.3. The van der Waals surface area contributed by atoms with E-state index in [-0.39, 0.29) is 6.17 Å². The van der Waals surface area contributed by atoms with Crippen LogP contribution in [-0.2, 0) is 0 Å². The van der Waals surface area contributed by atoms with E-state index in [9.17, 15) is 0 Å². The molecule has 0 radical (unpaired) electrons. The zero-order valence-corrected chi connectivity index (χ0v) is 26.6. The zero-order chi connectivity index (χ0) is 32.3. The fraction of sp³-hybridized carbons (Fsp3) is 0.0222. The summed E-state index contributed by atoms with van der Waals surface area (Å²) in [7, 11) is 0. The van der Waals surface area contributed by atoms with Gasteiger partial charge in [0, 0.05) is 33.0 Å². The second-order valence-electron chi connectivity index (χ2n) is 12.6. The monoisotopic (exact) mass is 626 g/mol. The Hall–Kier alpha value is -6.52. The Morgan fingerprint density at radius 1 is 0.490 bits per heavy atom. The normalized spacial score (nSPS) is 14.7. The summed E-state index contributed by atoms with van der Waals surface area (Å²) in [6.07, 6.45) is -0.262. The minimum absolute atomic E-state index is 0.262. The summed E-state index contributed by atoms with van der Waals surface area (Å²) in [5.74, 6) is 1.51. The molecule has 1 aromatic heterocycles. The van der Waals surface area contributed by atoms with Crippen LogP contribution in [0.4, 0.5) is 0 Å². The molecule has 9 aromatic rings. The van der Waals surface area contributed by atoms with Crippen LogP contribution in [-0.4, -0.2) is 16.2 Å². The highest BCUT2D eigenvalue weighted by Crippen LogP contribution is 2.44. The Labute approximate surface area is 283 Å². The molecule has 0 amide bonds. The SMILES string of the molecule is c1ccc(C2=NC(c3ccccc3)NC(c3cccc(-n4c5ccccc5c5c6ccccc6c6ccc7ccccc7c6c54)c3)=N2)cc1. The third-order valence-electron chi connectivity index (χ3n) is 9.79. The maximum Gasteiger partial charge on any atom is 0.159 e.